The predicted octanol–water partition coefficient (Wildman–Crippen LogP) is 1.99. The molecule has 0 heterocycles. The maximum atomic E-state index is 9.04. The van der Waals surface area contributed by atoms with Gasteiger partial charge in [0.15, 0.2) is 17.7 Å². The number of hydrogen-bond acceptors (Lipinski definition) is 2. The molecule has 2 N–H and O–H groups in total. The summed E-state index contributed by atoms with van der Waals surface area (Å²) in [5.41, 5.74) is 0.682. The Morgan fingerprint density at radius 3 is 2.58 bits per heavy atom. The van der Waals surface area contributed by atoms with E-state index in [1.165, 1.54) is 18.3 Å². The number of aromatic hydroxyl groups is 2. The van der Waals surface area contributed by atoms with E-state index in [9.17, 15) is 0 Å². The summed E-state index contributed by atoms with van der Waals surface area (Å²) in [5, 5.41) is 18.0. The molecule has 60 valence electrons. The average molecular weight is 161 g/mol. The van der Waals surface area contributed by atoms with E-state index in [0.29, 0.717) is 5.56 Å². The second-order valence-electron chi connectivity index (χ2n) is 2.19. The third kappa shape index (κ3) is 1.77. The van der Waals surface area contributed by atoms with Crippen molar-refractivity contribution in [2.45, 2.75) is 0 Å². The van der Waals surface area contributed by atoms with Crippen molar-refractivity contribution in [3.05, 3.63) is 41.4 Å². The van der Waals surface area contributed by atoms with Gasteiger partial charge in [-0.05, 0) is 17.7 Å². The quantitative estimate of drug-likeness (QED) is 0.488. The first-order valence-electron chi connectivity index (χ1n) is 3.29. The average Bonchev–Trinajstić information content (AvgIpc) is 2.07. The molecule has 0 spiro atoms. The zero-order valence-electron chi connectivity index (χ0n) is 6.23. The van der Waals surface area contributed by atoms with Crippen LogP contribution in [0.1, 0.15) is 5.56 Å². The van der Waals surface area contributed by atoms with Crippen LogP contribution in [-0.2, 0) is 0 Å². The van der Waals surface area contributed by atoms with Crippen LogP contribution in [0.2, 0.25) is 0 Å². The highest BCUT2D eigenvalue weighted by Crippen LogP contribution is 2.25. The van der Waals surface area contributed by atoms with E-state index in [0.717, 1.165) is 0 Å². The monoisotopic (exact) mass is 161 g/mol. The Balaban J connectivity index is 2.99. The molecule has 0 bridgehead atoms. The number of benzene rings is 1. The van der Waals surface area contributed by atoms with Gasteiger partial charge in [0.25, 0.3) is 0 Å². The molecule has 3 nitrogen and oxygen atoms in total. The van der Waals surface area contributed by atoms with Crippen molar-refractivity contribution >= 4 is 6.08 Å². The molecular weight excluding hydrogens is 154 g/mol. The summed E-state index contributed by atoms with van der Waals surface area (Å²) in [6.07, 6.45) is 2.83. The summed E-state index contributed by atoms with van der Waals surface area (Å²) < 4.78 is 0. The second-order valence-corrected chi connectivity index (χ2v) is 2.19. The van der Waals surface area contributed by atoms with Crippen molar-refractivity contribution in [2.24, 2.45) is 0 Å². The van der Waals surface area contributed by atoms with Crippen LogP contribution in [0.4, 0.5) is 0 Å². The van der Waals surface area contributed by atoms with E-state index in [-0.39, 0.29) is 11.5 Å². The Hall–Kier alpha value is -1.95. The van der Waals surface area contributed by atoms with Crippen LogP contribution in [0, 0.1) is 6.57 Å². The zero-order valence-corrected chi connectivity index (χ0v) is 6.23. The van der Waals surface area contributed by atoms with E-state index >= 15 is 0 Å². The van der Waals surface area contributed by atoms with Crippen molar-refractivity contribution in [3.8, 4) is 11.5 Å². The van der Waals surface area contributed by atoms with Crippen molar-refractivity contribution in [1.82, 2.24) is 0 Å². The van der Waals surface area contributed by atoms with Crippen LogP contribution >= 0.6 is 0 Å². The third-order valence-corrected chi connectivity index (χ3v) is 1.34. The number of phenolic OH excluding ortho intramolecular Hbond substituents is 2. The molecule has 0 aliphatic carbocycles. The summed E-state index contributed by atoms with van der Waals surface area (Å²) >= 11 is 0. The van der Waals surface area contributed by atoms with Gasteiger partial charge < -0.3 is 10.2 Å². The molecule has 1 aromatic rings. The van der Waals surface area contributed by atoms with E-state index in [4.69, 9.17) is 16.8 Å². The van der Waals surface area contributed by atoms with Gasteiger partial charge in [-0.15, -0.1) is 0 Å². The molecule has 3 heteroatoms. The van der Waals surface area contributed by atoms with E-state index < -0.39 is 0 Å². The van der Waals surface area contributed by atoms with Crippen molar-refractivity contribution < 1.29 is 10.2 Å². The Morgan fingerprint density at radius 1 is 1.25 bits per heavy atom. The molecule has 1 aromatic carbocycles. The molecule has 0 aliphatic rings. The summed E-state index contributed by atoms with van der Waals surface area (Å²) in [7, 11) is 0. The van der Waals surface area contributed by atoms with Crippen molar-refractivity contribution in [1.29, 1.82) is 0 Å². The topological polar surface area (TPSA) is 44.8 Å². The molecule has 0 atom stereocenters. The Kier molecular flexibility index (Phi) is 2.34. The first-order valence-corrected chi connectivity index (χ1v) is 3.29. The molecule has 0 saturated carbocycles. The van der Waals surface area contributed by atoms with Crippen LogP contribution in [0.25, 0.3) is 10.9 Å². The van der Waals surface area contributed by atoms with Gasteiger partial charge in [-0.3, -0.25) is 0 Å². The predicted molar refractivity (Wildman–Crippen MR) is 45.4 cm³/mol. The number of nitrogens with zero attached hydrogens (tertiary/aromatic N) is 1. The van der Waals surface area contributed by atoms with Crippen molar-refractivity contribution in [3.63, 3.8) is 0 Å². The summed E-state index contributed by atoms with van der Waals surface area (Å²) in [6.45, 7) is 6.47. The van der Waals surface area contributed by atoms with Crippen LogP contribution < -0.4 is 0 Å². The first-order chi connectivity index (χ1) is 5.74. The molecular formula is C9H7NO2. The Morgan fingerprint density at radius 2 is 2.00 bits per heavy atom. The second kappa shape index (κ2) is 3.44. The van der Waals surface area contributed by atoms with Gasteiger partial charge in [0.1, 0.15) is 0 Å². The Labute approximate surface area is 70.0 Å². The van der Waals surface area contributed by atoms with Gasteiger partial charge in [0, 0.05) is 0 Å². The van der Waals surface area contributed by atoms with Gasteiger partial charge >= 0.3 is 0 Å². The van der Waals surface area contributed by atoms with Gasteiger partial charge in [-0.25, -0.2) is 4.85 Å². The molecule has 0 saturated heterocycles. The Bertz CT molecular complexity index is 350. The minimum atomic E-state index is -0.179. The van der Waals surface area contributed by atoms with Crippen molar-refractivity contribution in [2.75, 3.05) is 0 Å². The molecule has 0 amide bonds. The smallest absolute Gasteiger partial charge is 0.157 e. The first kappa shape index (κ1) is 8.15. The lowest BCUT2D eigenvalue weighted by Crippen LogP contribution is -1.72. The molecule has 1 rings (SSSR count). The maximum Gasteiger partial charge on any atom is 0.157 e. The minimum Gasteiger partial charge on any atom is -0.504 e. The molecule has 12 heavy (non-hydrogen) atoms. The van der Waals surface area contributed by atoms with Gasteiger partial charge in [0.2, 0.25) is 0 Å². The third-order valence-electron chi connectivity index (χ3n) is 1.34. The van der Waals surface area contributed by atoms with Crippen LogP contribution in [-0.4, -0.2) is 10.2 Å². The van der Waals surface area contributed by atoms with E-state index in [2.05, 4.69) is 4.85 Å². The standard InChI is InChI=1S/C9H7NO2/c1-10-5-4-7-2-3-8(11)9(12)6-7/h2-6,11-12H. The molecule has 0 unspecified atom stereocenters. The number of rotatable bonds is 1. The maximum absolute atomic E-state index is 9.04. The fraction of sp³-hybridized carbons (Fsp3) is 0. The summed E-state index contributed by atoms with van der Waals surface area (Å²) in [6, 6.07) is 4.37. The largest absolute Gasteiger partial charge is 0.504 e. The lowest BCUT2D eigenvalue weighted by molar-refractivity contribution is 0.403. The van der Waals surface area contributed by atoms with E-state index in [1.54, 1.807) is 12.1 Å². The molecule has 0 aromatic heterocycles. The highest BCUT2D eigenvalue weighted by Gasteiger charge is 1.96. The zero-order chi connectivity index (χ0) is 8.97. The van der Waals surface area contributed by atoms with Gasteiger partial charge in [0.05, 0.1) is 6.57 Å². The number of hydrogen-bond donors (Lipinski definition) is 2. The lowest BCUT2D eigenvalue weighted by atomic mass is 10.2. The lowest BCUT2D eigenvalue weighted by Gasteiger charge is -1.97. The molecule has 0 radical (unpaired) electrons. The van der Waals surface area contributed by atoms with Crippen LogP contribution in [0.15, 0.2) is 24.4 Å². The molecule has 0 aliphatic heterocycles. The van der Waals surface area contributed by atoms with Gasteiger partial charge in [-0.2, -0.15) is 0 Å². The normalized spacial score (nSPS) is 9.92. The van der Waals surface area contributed by atoms with Gasteiger partial charge in [-0.1, -0.05) is 12.1 Å². The molecule has 0 fully saturated rings. The van der Waals surface area contributed by atoms with E-state index in [1.807, 2.05) is 0 Å². The van der Waals surface area contributed by atoms with Crippen LogP contribution in [0.5, 0.6) is 11.5 Å². The summed E-state index contributed by atoms with van der Waals surface area (Å²) in [5.74, 6) is -0.336. The number of phenols is 2. The highest BCUT2D eigenvalue weighted by molar-refractivity contribution is 5.55. The SMILES string of the molecule is [C-]#[N+]C=Cc1ccc(O)c(O)c1. The highest BCUT2D eigenvalue weighted by atomic mass is 16.3. The fourth-order valence-electron chi connectivity index (χ4n) is 0.767. The van der Waals surface area contributed by atoms with Crippen LogP contribution in [0.3, 0.4) is 0 Å². The minimum absolute atomic E-state index is 0.157. The fourth-order valence-corrected chi connectivity index (χ4v) is 0.767. The summed E-state index contributed by atoms with van der Waals surface area (Å²) in [4.78, 5) is 3.01.